The maximum absolute atomic E-state index is 13.0. The SMILES string of the molecule is CCN(c1ccc(F)cc1)c1ccnc(F)c1. The molecule has 0 atom stereocenters. The largest absolute Gasteiger partial charge is 0.342 e. The van der Waals surface area contributed by atoms with Gasteiger partial charge < -0.3 is 4.90 Å². The Kier molecular flexibility index (Phi) is 3.32. The number of anilines is 2. The molecule has 0 amide bonds. The number of aromatic nitrogens is 1. The third-order valence-corrected chi connectivity index (χ3v) is 2.48. The molecule has 1 heterocycles. The summed E-state index contributed by atoms with van der Waals surface area (Å²) in [5, 5.41) is 0. The van der Waals surface area contributed by atoms with Crippen LogP contribution >= 0.6 is 0 Å². The van der Waals surface area contributed by atoms with Gasteiger partial charge in [-0.1, -0.05) is 0 Å². The molecule has 0 N–H and O–H groups in total. The van der Waals surface area contributed by atoms with Crippen LogP contribution in [0.25, 0.3) is 0 Å². The second kappa shape index (κ2) is 4.91. The normalized spacial score (nSPS) is 10.3. The molecule has 88 valence electrons. The van der Waals surface area contributed by atoms with Gasteiger partial charge in [-0.15, -0.1) is 0 Å². The smallest absolute Gasteiger partial charge is 0.214 e. The highest BCUT2D eigenvalue weighted by atomic mass is 19.1. The van der Waals surface area contributed by atoms with Crippen molar-refractivity contribution in [1.82, 2.24) is 4.98 Å². The van der Waals surface area contributed by atoms with Crippen LogP contribution < -0.4 is 4.90 Å². The van der Waals surface area contributed by atoms with Gasteiger partial charge in [-0.3, -0.25) is 0 Å². The zero-order valence-electron chi connectivity index (χ0n) is 9.40. The molecule has 0 radical (unpaired) electrons. The number of rotatable bonds is 3. The Labute approximate surface area is 98.5 Å². The van der Waals surface area contributed by atoms with Crippen LogP contribution in [0.3, 0.4) is 0 Å². The fourth-order valence-corrected chi connectivity index (χ4v) is 1.70. The first kappa shape index (κ1) is 11.5. The van der Waals surface area contributed by atoms with Crippen LogP contribution in [0.5, 0.6) is 0 Å². The van der Waals surface area contributed by atoms with Gasteiger partial charge in [-0.2, -0.15) is 4.39 Å². The average molecular weight is 234 g/mol. The number of halogens is 2. The predicted octanol–water partition coefficient (Wildman–Crippen LogP) is 3.52. The van der Waals surface area contributed by atoms with E-state index in [1.54, 1.807) is 18.2 Å². The van der Waals surface area contributed by atoms with E-state index < -0.39 is 5.95 Å². The summed E-state index contributed by atoms with van der Waals surface area (Å²) < 4.78 is 25.9. The van der Waals surface area contributed by atoms with Gasteiger partial charge in [0.05, 0.1) is 0 Å². The molecule has 0 aliphatic carbocycles. The lowest BCUT2D eigenvalue weighted by atomic mass is 10.2. The fraction of sp³-hybridized carbons (Fsp3) is 0.154. The molecule has 0 unspecified atom stereocenters. The van der Waals surface area contributed by atoms with E-state index in [0.717, 1.165) is 5.69 Å². The Morgan fingerprint density at radius 3 is 2.35 bits per heavy atom. The van der Waals surface area contributed by atoms with Gasteiger partial charge in [0.1, 0.15) is 5.82 Å². The molecule has 0 aliphatic rings. The van der Waals surface area contributed by atoms with Crippen LogP contribution in [0, 0.1) is 11.8 Å². The van der Waals surface area contributed by atoms with E-state index in [9.17, 15) is 8.78 Å². The van der Waals surface area contributed by atoms with E-state index in [1.165, 1.54) is 24.4 Å². The number of hydrogen-bond acceptors (Lipinski definition) is 2. The Morgan fingerprint density at radius 2 is 1.76 bits per heavy atom. The van der Waals surface area contributed by atoms with Crippen molar-refractivity contribution in [3.05, 3.63) is 54.4 Å². The molecule has 2 aromatic rings. The molecule has 1 aromatic heterocycles. The summed E-state index contributed by atoms with van der Waals surface area (Å²) in [5.41, 5.74) is 1.52. The van der Waals surface area contributed by atoms with Gasteiger partial charge in [0, 0.05) is 30.2 Å². The van der Waals surface area contributed by atoms with Crippen LogP contribution in [-0.4, -0.2) is 11.5 Å². The minimum Gasteiger partial charge on any atom is -0.342 e. The van der Waals surface area contributed by atoms with E-state index in [4.69, 9.17) is 0 Å². The minimum atomic E-state index is -0.525. The Morgan fingerprint density at radius 1 is 1.06 bits per heavy atom. The molecular weight excluding hydrogens is 222 g/mol. The van der Waals surface area contributed by atoms with E-state index in [1.807, 2.05) is 11.8 Å². The number of benzene rings is 1. The zero-order chi connectivity index (χ0) is 12.3. The quantitative estimate of drug-likeness (QED) is 0.755. The summed E-state index contributed by atoms with van der Waals surface area (Å²) >= 11 is 0. The molecule has 0 saturated heterocycles. The van der Waals surface area contributed by atoms with E-state index in [-0.39, 0.29) is 5.82 Å². The molecule has 0 aliphatic heterocycles. The molecule has 4 heteroatoms. The number of pyridine rings is 1. The maximum Gasteiger partial charge on any atom is 0.214 e. The first-order valence-corrected chi connectivity index (χ1v) is 5.35. The predicted molar refractivity (Wildman–Crippen MR) is 63.3 cm³/mol. The molecule has 2 nitrogen and oxygen atoms in total. The lowest BCUT2D eigenvalue weighted by Crippen LogP contribution is -2.16. The molecule has 0 fully saturated rings. The molecule has 0 spiro atoms. The lowest BCUT2D eigenvalue weighted by Gasteiger charge is -2.23. The highest BCUT2D eigenvalue weighted by Gasteiger charge is 2.08. The third-order valence-electron chi connectivity index (χ3n) is 2.48. The summed E-state index contributed by atoms with van der Waals surface area (Å²) in [6, 6.07) is 9.17. The molecule has 17 heavy (non-hydrogen) atoms. The van der Waals surface area contributed by atoms with Crippen LogP contribution in [-0.2, 0) is 0 Å². The van der Waals surface area contributed by atoms with Gasteiger partial charge in [0.15, 0.2) is 0 Å². The summed E-state index contributed by atoms with van der Waals surface area (Å²) in [4.78, 5) is 5.39. The standard InChI is InChI=1S/C13H12F2N2/c1-2-17(11-5-3-10(14)4-6-11)12-7-8-16-13(15)9-12/h3-9H,2H2,1H3. The van der Waals surface area contributed by atoms with E-state index >= 15 is 0 Å². The van der Waals surface area contributed by atoms with Crippen molar-refractivity contribution < 1.29 is 8.78 Å². The van der Waals surface area contributed by atoms with Crippen molar-refractivity contribution in [2.75, 3.05) is 11.4 Å². The van der Waals surface area contributed by atoms with Crippen molar-refractivity contribution >= 4 is 11.4 Å². The monoisotopic (exact) mass is 234 g/mol. The second-order valence-corrected chi connectivity index (χ2v) is 3.56. The highest BCUT2D eigenvalue weighted by molar-refractivity contribution is 5.62. The number of nitrogens with zero attached hydrogens (tertiary/aromatic N) is 2. The first-order valence-electron chi connectivity index (χ1n) is 5.35. The molecule has 2 rings (SSSR count). The summed E-state index contributed by atoms with van der Waals surface area (Å²) in [7, 11) is 0. The van der Waals surface area contributed by atoms with Gasteiger partial charge in [0.2, 0.25) is 5.95 Å². The Bertz CT molecular complexity index is 497. The fourth-order valence-electron chi connectivity index (χ4n) is 1.70. The molecule has 0 saturated carbocycles. The van der Waals surface area contributed by atoms with Gasteiger partial charge in [0.25, 0.3) is 0 Å². The highest BCUT2D eigenvalue weighted by Crippen LogP contribution is 2.24. The van der Waals surface area contributed by atoms with Crippen LogP contribution in [0.1, 0.15) is 6.92 Å². The minimum absolute atomic E-state index is 0.286. The summed E-state index contributed by atoms with van der Waals surface area (Å²) in [5.74, 6) is -0.811. The van der Waals surface area contributed by atoms with E-state index in [0.29, 0.717) is 12.2 Å². The zero-order valence-corrected chi connectivity index (χ0v) is 9.40. The van der Waals surface area contributed by atoms with Crippen molar-refractivity contribution in [3.63, 3.8) is 0 Å². The number of hydrogen-bond donors (Lipinski definition) is 0. The van der Waals surface area contributed by atoms with Gasteiger partial charge in [-0.05, 0) is 37.3 Å². The van der Waals surface area contributed by atoms with Gasteiger partial charge in [-0.25, -0.2) is 9.37 Å². The lowest BCUT2D eigenvalue weighted by molar-refractivity contribution is 0.583. The van der Waals surface area contributed by atoms with Crippen molar-refractivity contribution in [2.24, 2.45) is 0 Å². The first-order chi connectivity index (χ1) is 8.20. The van der Waals surface area contributed by atoms with Crippen LogP contribution in [0.4, 0.5) is 20.2 Å². The van der Waals surface area contributed by atoms with E-state index in [2.05, 4.69) is 4.98 Å². The summed E-state index contributed by atoms with van der Waals surface area (Å²) in [6.07, 6.45) is 1.41. The Balaban J connectivity index is 2.36. The molecule has 0 bridgehead atoms. The molecular formula is C13H12F2N2. The van der Waals surface area contributed by atoms with Crippen LogP contribution in [0.15, 0.2) is 42.6 Å². The Hall–Kier alpha value is -1.97. The molecule has 1 aromatic carbocycles. The third kappa shape index (κ3) is 2.58. The second-order valence-electron chi connectivity index (χ2n) is 3.56. The topological polar surface area (TPSA) is 16.1 Å². The van der Waals surface area contributed by atoms with Crippen molar-refractivity contribution in [3.8, 4) is 0 Å². The van der Waals surface area contributed by atoms with Crippen LogP contribution in [0.2, 0.25) is 0 Å². The average Bonchev–Trinajstić information content (AvgIpc) is 2.33. The summed E-state index contributed by atoms with van der Waals surface area (Å²) in [6.45, 7) is 2.61. The maximum atomic E-state index is 13.0. The van der Waals surface area contributed by atoms with Gasteiger partial charge >= 0.3 is 0 Å². The van der Waals surface area contributed by atoms with Crippen molar-refractivity contribution in [2.45, 2.75) is 6.92 Å². The van der Waals surface area contributed by atoms with Crippen molar-refractivity contribution in [1.29, 1.82) is 0 Å².